The van der Waals surface area contributed by atoms with Crippen LogP contribution < -0.4 is 4.74 Å². The molecule has 0 fully saturated rings. The van der Waals surface area contributed by atoms with Crippen molar-refractivity contribution in [2.45, 2.75) is 19.0 Å². The Labute approximate surface area is 163 Å². The fourth-order valence-electron chi connectivity index (χ4n) is 2.92. The maximum absolute atomic E-state index is 13.0. The molecule has 7 nitrogen and oxygen atoms in total. The van der Waals surface area contributed by atoms with Gasteiger partial charge in [-0.25, -0.2) is 8.42 Å². The summed E-state index contributed by atoms with van der Waals surface area (Å²) in [5, 5.41) is 9.72. The summed E-state index contributed by atoms with van der Waals surface area (Å²) in [5.41, 5.74) is 1.65. The third-order valence-corrected chi connectivity index (χ3v) is 5.69. The van der Waals surface area contributed by atoms with Gasteiger partial charge < -0.3 is 9.64 Å². The number of carbonyl (C=O) groups excluding carboxylic acids is 1. The SMILES string of the molecule is N#CCOc1ccc(CC(=O)N(Cc2ccncc2)C2C=CS(=O)(=O)C2)cc1. The number of hydrogen-bond acceptors (Lipinski definition) is 6. The molecule has 3 rings (SSSR count). The van der Waals surface area contributed by atoms with E-state index in [2.05, 4.69) is 4.98 Å². The van der Waals surface area contributed by atoms with E-state index in [0.29, 0.717) is 12.3 Å². The highest BCUT2D eigenvalue weighted by Crippen LogP contribution is 2.20. The number of sulfone groups is 1. The molecule has 1 aromatic carbocycles. The van der Waals surface area contributed by atoms with Crippen molar-refractivity contribution in [1.29, 1.82) is 5.26 Å². The van der Waals surface area contributed by atoms with Gasteiger partial charge in [0.15, 0.2) is 16.4 Å². The zero-order valence-corrected chi connectivity index (χ0v) is 15.9. The summed E-state index contributed by atoms with van der Waals surface area (Å²) in [6.45, 7) is 0.260. The highest BCUT2D eigenvalue weighted by molar-refractivity contribution is 7.94. The quantitative estimate of drug-likeness (QED) is 0.707. The van der Waals surface area contributed by atoms with Gasteiger partial charge in [-0.2, -0.15) is 5.26 Å². The minimum absolute atomic E-state index is 0.0412. The van der Waals surface area contributed by atoms with Crippen LogP contribution >= 0.6 is 0 Å². The molecule has 1 amide bonds. The van der Waals surface area contributed by atoms with Crippen LogP contribution in [0.4, 0.5) is 0 Å². The number of amides is 1. The number of carbonyl (C=O) groups is 1. The minimum atomic E-state index is -3.28. The van der Waals surface area contributed by atoms with Crippen LogP contribution in [0.5, 0.6) is 5.75 Å². The van der Waals surface area contributed by atoms with E-state index in [4.69, 9.17) is 10.00 Å². The minimum Gasteiger partial charge on any atom is -0.479 e. The molecule has 0 radical (unpaired) electrons. The summed E-state index contributed by atoms with van der Waals surface area (Å²) in [6.07, 6.45) is 4.97. The predicted molar refractivity (Wildman–Crippen MR) is 103 cm³/mol. The maximum Gasteiger partial charge on any atom is 0.227 e. The van der Waals surface area contributed by atoms with E-state index in [1.165, 1.54) is 5.41 Å². The Bertz CT molecular complexity index is 996. The van der Waals surface area contributed by atoms with Gasteiger partial charge in [0.2, 0.25) is 5.91 Å². The lowest BCUT2D eigenvalue weighted by molar-refractivity contribution is -0.132. The van der Waals surface area contributed by atoms with Crippen molar-refractivity contribution in [3.63, 3.8) is 0 Å². The largest absolute Gasteiger partial charge is 0.479 e. The zero-order valence-electron chi connectivity index (χ0n) is 15.1. The fourth-order valence-corrected chi connectivity index (χ4v) is 4.22. The first kappa shape index (κ1) is 19.6. The van der Waals surface area contributed by atoms with E-state index in [0.717, 1.165) is 11.1 Å². The second kappa shape index (κ2) is 8.67. The van der Waals surface area contributed by atoms with Gasteiger partial charge in [0.05, 0.1) is 18.2 Å². The highest BCUT2D eigenvalue weighted by Gasteiger charge is 2.30. The Kier molecular flexibility index (Phi) is 6.06. The molecule has 1 aliphatic rings. The molecular formula is C20H19N3O4S. The second-order valence-corrected chi connectivity index (χ2v) is 8.30. The van der Waals surface area contributed by atoms with Crippen molar-refractivity contribution in [1.82, 2.24) is 9.88 Å². The molecule has 1 aromatic heterocycles. The number of benzene rings is 1. The molecule has 0 saturated carbocycles. The molecule has 2 aromatic rings. The van der Waals surface area contributed by atoms with Gasteiger partial charge in [0.25, 0.3) is 0 Å². The second-order valence-electron chi connectivity index (χ2n) is 6.37. The van der Waals surface area contributed by atoms with Gasteiger partial charge in [-0.05, 0) is 41.5 Å². The third-order valence-electron chi connectivity index (χ3n) is 4.32. The van der Waals surface area contributed by atoms with E-state index in [-0.39, 0.29) is 24.7 Å². The van der Waals surface area contributed by atoms with Crippen LogP contribution in [0, 0.1) is 11.3 Å². The Morgan fingerprint density at radius 3 is 2.50 bits per heavy atom. The van der Waals surface area contributed by atoms with E-state index in [1.54, 1.807) is 59.8 Å². The molecular weight excluding hydrogens is 378 g/mol. The Morgan fingerprint density at radius 1 is 1.18 bits per heavy atom. The van der Waals surface area contributed by atoms with Crippen molar-refractivity contribution in [2.75, 3.05) is 12.4 Å². The first-order valence-electron chi connectivity index (χ1n) is 8.65. The lowest BCUT2D eigenvalue weighted by atomic mass is 10.1. The van der Waals surface area contributed by atoms with Crippen LogP contribution in [0.1, 0.15) is 11.1 Å². The molecule has 0 N–H and O–H groups in total. The summed E-state index contributed by atoms with van der Waals surface area (Å²) >= 11 is 0. The van der Waals surface area contributed by atoms with Gasteiger partial charge in [-0.15, -0.1) is 0 Å². The lowest BCUT2D eigenvalue weighted by Gasteiger charge is -2.28. The number of aromatic nitrogens is 1. The van der Waals surface area contributed by atoms with E-state index < -0.39 is 15.9 Å². The number of nitriles is 1. The summed E-state index contributed by atoms with van der Waals surface area (Å²) in [6, 6.07) is 11.9. The number of hydrogen-bond donors (Lipinski definition) is 0. The van der Waals surface area contributed by atoms with Crippen molar-refractivity contribution < 1.29 is 17.9 Å². The highest BCUT2D eigenvalue weighted by atomic mass is 32.2. The lowest BCUT2D eigenvalue weighted by Crippen LogP contribution is -2.41. The van der Waals surface area contributed by atoms with Crippen molar-refractivity contribution in [3.8, 4) is 11.8 Å². The fraction of sp³-hybridized carbons (Fsp3) is 0.250. The average molecular weight is 397 g/mol. The van der Waals surface area contributed by atoms with E-state index in [1.807, 2.05) is 6.07 Å². The topological polar surface area (TPSA) is 100 Å². The Hall–Kier alpha value is -3.18. The summed E-state index contributed by atoms with van der Waals surface area (Å²) in [7, 11) is -3.28. The number of nitrogens with zero attached hydrogens (tertiary/aromatic N) is 3. The summed E-state index contributed by atoms with van der Waals surface area (Å²) in [4.78, 5) is 18.5. The van der Waals surface area contributed by atoms with Crippen LogP contribution in [0.25, 0.3) is 0 Å². The van der Waals surface area contributed by atoms with E-state index in [9.17, 15) is 13.2 Å². The van der Waals surface area contributed by atoms with Gasteiger partial charge in [0.1, 0.15) is 11.8 Å². The first-order valence-corrected chi connectivity index (χ1v) is 10.4. The molecule has 0 saturated heterocycles. The number of rotatable bonds is 7. The summed E-state index contributed by atoms with van der Waals surface area (Å²) < 4.78 is 28.9. The molecule has 28 heavy (non-hydrogen) atoms. The molecule has 0 bridgehead atoms. The standard InChI is InChI=1S/C20H19N3O4S/c21-8-11-27-19-3-1-16(2-4-19)13-20(24)23(14-17-5-9-22-10-6-17)18-7-12-28(25,26)15-18/h1-7,9-10,12,18H,11,13-15H2. The van der Waals surface area contributed by atoms with Gasteiger partial charge in [-0.3, -0.25) is 9.78 Å². The molecule has 2 heterocycles. The molecule has 8 heteroatoms. The van der Waals surface area contributed by atoms with E-state index >= 15 is 0 Å². The molecule has 1 atom stereocenters. The Balaban J connectivity index is 1.74. The number of ether oxygens (including phenoxy) is 1. The molecule has 1 unspecified atom stereocenters. The van der Waals surface area contributed by atoms with Gasteiger partial charge in [0, 0.05) is 24.3 Å². The van der Waals surface area contributed by atoms with Gasteiger partial charge in [-0.1, -0.05) is 12.1 Å². The maximum atomic E-state index is 13.0. The monoisotopic (exact) mass is 397 g/mol. The number of pyridine rings is 1. The van der Waals surface area contributed by atoms with Crippen molar-refractivity contribution in [2.24, 2.45) is 0 Å². The van der Waals surface area contributed by atoms with Crippen molar-refractivity contribution >= 4 is 15.7 Å². The zero-order chi connectivity index (χ0) is 20.0. The summed E-state index contributed by atoms with van der Waals surface area (Å²) in [5.74, 6) is 0.274. The normalized spacial score (nSPS) is 17.0. The third kappa shape index (κ3) is 5.18. The molecule has 1 aliphatic heterocycles. The van der Waals surface area contributed by atoms with Crippen LogP contribution in [0.15, 0.2) is 60.3 Å². The van der Waals surface area contributed by atoms with Crippen LogP contribution in [-0.4, -0.2) is 42.6 Å². The van der Waals surface area contributed by atoms with Gasteiger partial charge >= 0.3 is 0 Å². The first-order chi connectivity index (χ1) is 13.5. The van der Waals surface area contributed by atoms with Crippen LogP contribution in [0.2, 0.25) is 0 Å². The predicted octanol–water partition coefficient (Wildman–Crippen LogP) is 1.87. The van der Waals surface area contributed by atoms with Crippen molar-refractivity contribution in [3.05, 3.63) is 71.4 Å². The smallest absolute Gasteiger partial charge is 0.227 e. The molecule has 144 valence electrons. The van der Waals surface area contributed by atoms with Crippen LogP contribution in [-0.2, 0) is 27.6 Å². The van der Waals surface area contributed by atoms with Crippen LogP contribution in [0.3, 0.4) is 0 Å². The molecule has 0 aliphatic carbocycles. The molecule has 0 spiro atoms. The average Bonchev–Trinajstić information content (AvgIpc) is 3.05. The Morgan fingerprint density at radius 2 is 1.89 bits per heavy atom.